The van der Waals surface area contributed by atoms with E-state index >= 15 is 0 Å². The van der Waals surface area contributed by atoms with Crippen LogP contribution in [-0.4, -0.2) is 58.4 Å². The zero-order chi connectivity index (χ0) is 22.7. The molecule has 5 rings (SSSR count). The number of guanidine groups is 1. The summed E-state index contributed by atoms with van der Waals surface area (Å²) in [5.41, 5.74) is 1.14. The van der Waals surface area contributed by atoms with Crippen molar-refractivity contribution in [2.75, 3.05) is 26.8 Å². The van der Waals surface area contributed by atoms with E-state index in [4.69, 9.17) is 14.7 Å². The summed E-state index contributed by atoms with van der Waals surface area (Å²) < 4.78 is 7.49. The SMILES string of the molecule is CC[C@H](CO)N=C1N/C(NCc2ccc(OC)cc2)=c2/ncn(C(C)C)/c2=C/C2CN1C2. The Kier molecular flexibility index (Phi) is 6.69. The third-order valence-electron chi connectivity index (χ3n) is 6.08. The van der Waals surface area contributed by atoms with E-state index in [0.29, 0.717) is 18.5 Å². The Labute approximate surface area is 189 Å². The van der Waals surface area contributed by atoms with Crippen molar-refractivity contribution in [3.8, 4) is 5.75 Å². The second kappa shape index (κ2) is 9.65. The summed E-state index contributed by atoms with van der Waals surface area (Å²) >= 11 is 0. The number of aliphatic hydroxyl groups is 1. The Bertz CT molecular complexity index is 1060. The predicted molar refractivity (Wildman–Crippen MR) is 126 cm³/mol. The number of aromatic nitrogens is 2. The van der Waals surface area contributed by atoms with Gasteiger partial charge in [0.05, 0.1) is 31.4 Å². The van der Waals surface area contributed by atoms with Gasteiger partial charge in [-0.25, -0.2) is 9.98 Å². The number of hydrogen-bond donors (Lipinski definition) is 3. The van der Waals surface area contributed by atoms with E-state index in [0.717, 1.165) is 53.3 Å². The van der Waals surface area contributed by atoms with E-state index in [-0.39, 0.29) is 12.6 Å². The number of ether oxygens (including phenoxy) is 1. The molecule has 0 aliphatic carbocycles. The highest BCUT2D eigenvalue weighted by atomic mass is 16.5. The minimum Gasteiger partial charge on any atom is -0.497 e. The van der Waals surface area contributed by atoms with Crippen LogP contribution in [0.5, 0.6) is 5.75 Å². The summed E-state index contributed by atoms with van der Waals surface area (Å²) in [6.45, 7) is 8.87. The van der Waals surface area contributed by atoms with Gasteiger partial charge in [0.1, 0.15) is 16.9 Å². The highest BCUT2D eigenvalue weighted by Gasteiger charge is 2.30. The van der Waals surface area contributed by atoms with Gasteiger partial charge in [0.25, 0.3) is 0 Å². The second-order valence-electron chi connectivity index (χ2n) is 8.71. The quantitative estimate of drug-likeness (QED) is 0.565. The molecule has 1 aromatic heterocycles. The molecule has 8 nitrogen and oxygen atoms in total. The molecule has 8 heteroatoms. The topological polar surface area (TPSA) is 86.9 Å². The zero-order valence-corrected chi connectivity index (χ0v) is 19.4. The molecule has 32 heavy (non-hydrogen) atoms. The number of methoxy groups -OCH3 is 1. The first-order chi connectivity index (χ1) is 15.5. The van der Waals surface area contributed by atoms with Gasteiger partial charge in [-0.05, 0) is 38.0 Å². The third kappa shape index (κ3) is 4.60. The van der Waals surface area contributed by atoms with Gasteiger partial charge in [0, 0.05) is 31.6 Å². The molecular weight excluding hydrogens is 404 g/mol. The first-order valence-corrected chi connectivity index (χ1v) is 11.4. The lowest BCUT2D eigenvalue weighted by Gasteiger charge is -2.40. The molecular formula is C24H34N6O2. The molecule has 1 saturated heterocycles. The van der Waals surface area contributed by atoms with E-state index < -0.39 is 0 Å². The van der Waals surface area contributed by atoms with Crippen molar-refractivity contribution in [3.05, 3.63) is 46.9 Å². The minimum absolute atomic E-state index is 0.0346. The number of aliphatic hydroxyl groups excluding tert-OH is 1. The number of aliphatic imine (C=N–C) groups is 1. The van der Waals surface area contributed by atoms with Crippen LogP contribution in [0.15, 0.2) is 35.6 Å². The molecule has 3 aliphatic rings. The number of benzene rings is 1. The maximum Gasteiger partial charge on any atom is 0.200 e. The van der Waals surface area contributed by atoms with Crippen molar-refractivity contribution in [2.24, 2.45) is 10.9 Å². The van der Waals surface area contributed by atoms with Gasteiger partial charge in [-0.3, -0.25) is 0 Å². The third-order valence-corrected chi connectivity index (χ3v) is 6.08. The van der Waals surface area contributed by atoms with E-state index in [1.165, 1.54) is 0 Å². The molecule has 1 atom stereocenters. The molecule has 2 bridgehead atoms. The Balaban J connectivity index is 1.74. The van der Waals surface area contributed by atoms with Crippen LogP contribution in [0, 0.1) is 5.92 Å². The minimum atomic E-state index is -0.128. The first-order valence-electron chi connectivity index (χ1n) is 11.4. The summed E-state index contributed by atoms with van der Waals surface area (Å²) in [4.78, 5) is 11.8. The maximum absolute atomic E-state index is 9.71. The summed E-state index contributed by atoms with van der Waals surface area (Å²) in [6, 6.07) is 8.22. The van der Waals surface area contributed by atoms with Gasteiger partial charge in [-0.1, -0.05) is 25.1 Å². The van der Waals surface area contributed by atoms with Crippen LogP contribution >= 0.6 is 0 Å². The second-order valence-corrected chi connectivity index (χ2v) is 8.71. The van der Waals surface area contributed by atoms with Crippen LogP contribution in [0.3, 0.4) is 0 Å². The van der Waals surface area contributed by atoms with Gasteiger partial charge in [0.15, 0.2) is 5.96 Å². The summed E-state index contributed by atoms with van der Waals surface area (Å²) in [6.07, 6.45) is 5.04. The Morgan fingerprint density at radius 3 is 2.66 bits per heavy atom. The molecule has 0 amide bonds. The number of hydrogen-bond acceptors (Lipinski definition) is 5. The monoisotopic (exact) mass is 438 g/mol. The molecule has 1 aromatic carbocycles. The lowest BCUT2D eigenvalue weighted by atomic mass is 10.0. The van der Waals surface area contributed by atoms with E-state index in [9.17, 15) is 5.11 Å². The van der Waals surface area contributed by atoms with E-state index in [1.807, 2.05) is 25.4 Å². The fourth-order valence-electron chi connectivity index (χ4n) is 4.01. The largest absolute Gasteiger partial charge is 0.497 e. The van der Waals surface area contributed by atoms with Gasteiger partial charge in [-0.15, -0.1) is 0 Å². The Morgan fingerprint density at radius 2 is 2.03 bits per heavy atom. The van der Waals surface area contributed by atoms with Crippen LogP contribution in [0.4, 0.5) is 0 Å². The number of nitrogens with one attached hydrogen (secondary N) is 2. The van der Waals surface area contributed by atoms with Crippen LogP contribution < -0.4 is 26.1 Å². The van der Waals surface area contributed by atoms with E-state index in [2.05, 4.69) is 52.2 Å². The lowest BCUT2D eigenvalue weighted by Crippen LogP contribution is -2.54. The molecule has 0 spiro atoms. The molecule has 0 unspecified atom stereocenters. The smallest absolute Gasteiger partial charge is 0.200 e. The molecule has 0 saturated carbocycles. The molecule has 2 aromatic rings. The van der Waals surface area contributed by atoms with Crippen LogP contribution in [0.25, 0.3) is 11.9 Å². The average Bonchev–Trinajstić information content (AvgIpc) is 3.22. The normalized spacial score (nSPS) is 20.9. The molecule has 1 fully saturated rings. The number of imidazole rings is 1. The van der Waals surface area contributed by atoms with Crippen molar-refractivity contribution >= 4 is 17.9 Å². The van der Waals surface area contributed by atoms with Crippen molar-refractivity contribution in [1.29, 1.82) is 0 Å². The number of fused-ring (bicyclic) bond motifs is 2. The fourth-order valence-corrected chi connectivity index (χ4v) is 4.01. The lowest BCUT2D eigenvalue weighted by molar-refractivity contribution is 0.229. The predicted octanol–water partition coefficient (Wildman–Crippen LogP) is 0.771. The zero-order valence-electron chi connectivity index (χ0n) is 19.4. The van der Waals surface area contributed by atoms with Crippen molar-refractivity contribution in [3.63, 3.8) is 0 Å². The number of nitrogens with zero attached hydrogens (tertiary/aromatic N) is 4. The van der Waals surface area contributed by atoms with Crippen molar-refractivity contribution < 1.29 is 9.84 Å². The highest BCUT2D eigenvalue weighted by Crippen LogP contribution is 2.19. The van der Waals surface area contributed by atoms with Gasteiger partial charge in [0.2, 0.25) is 0 Å². The molecule has 3 aliphatic heterocycles. The van der Waals surface area contributed by atoms with E-state index in [1.54, 1.807) is 7.11 Å². The summed E-state index contributed by atoms with van der Waals surface area (Å²) in [5, 5.41) is 18.8. The van der Waals surface area contributed by atoms with Crippen LogP contribution in [0.1, 0.15) is 38.8 Å². The van der Waals surface area contributed by atoms with Crippen LogP contribution in [0.2, 0.25) is 0 Å². The molecule has 0 radical (unpaired) electrons. The Hall–Kier alpha value is -3.00. The fraction of sp³-hybridized carbons (Fsp3) is 0.500. The molecule has 3 N–H and O–H groups in total. The average molecular weight is 439 g/mol. The maximum atomic E-state index is 9.71. The number of rotatable bonds is 8. The Morgan fingerprint density at radius 1 is 1.28 bits per heavy atom. The van der Waals surface area contributed by atoms with Gasteiger partial charge >= 0.3 is 0 Å². The van der Waals surface area contributed by atoms with Crippen molar-refractivity contribution in [1.82, 2.24) is 25.1 Å². The van der Waals surface area contributed by atoms with Crippen LogP contribution in [-0.2, 0) is 6.54 Å². The molecule has 4 heterocycles. The first kappa shape index (κ1) is 22.2. The summed E-state index contributed by atoms with van der Waals surface area (Å²) in [7, 11) is 1.67. The highest BCUT2D eigenvalue weighted by molar-refractivity contribution is 5.87. The van der Waals surface area contributed by atoms with Crippen molar-refractivity contribution in [2.45, 2.75) is 45.8 Å². The van der Waals surface area contributed by atoms with Gasteiger partial charge < -0.3 is 29.9 Å². The summed E-state index contributed by atoms with van der Waals surface area (Å²) in [5.74, 6) is 2.90. The van der Waals surface area contributed by atoms with Gasteiger partial charge in [-0.2, -0.15) is 0 Å². The molecule has 172 valence electrons. The standard InChI is InChI=1S/C24H34N6O2/c1-5-19(14-31)27-24-28-23(25-11-17-6-8-20(32-4)9-7-17)22-21(10-18-12-29(24)13-18)30(15-26-22)16(2)3/h6-10,15-16,18-19,25,31H,5,11-14H2,1-4H3,(H,27,28)/b21-10+,23-22+/t19-/m1/s1.